The molecular weight excluding hydrogens is 304 g/mol. The van der Waals surface area contributed by atoms with E-state index in [1.54, 1.807) is 18.2 Å². The molecule has 1 unspecified atom stereocenters. The van der Waals surface area contributed by atoms with Gasteiger partial charge in [0.2, 0.25) is 0 Å². The Balaban J connectivity index is 2.28. The number of hydrogen-bond donors (Lipinski definition) is 2. The van der Waals surface area contributed by atoms with Crippen molar-refractivity contribution >= 4 is 5.97 Å². The first-order valence-corrected chi connectivity index (χ1v) is 8.32. The summed E-state index contributed by atoms with van der Waals surface area (Å²) in [5.41, 5.74) is 1.35. The maximum atomic E-state index is 11.6. The van der Waals surface area contributed by atoms with E-state index >= 15 is 0 Å². The summed E-state index contributed by atoms with van der Waals surface area (Å²) in [5.74, 6) is -0.817. The maximum Gasteiger partial charge on any atom is 0.311 e. The highest BCUT2D eigenvalue weighted by Crippen LogP contribution is 2.39. The lowest BCUT2D eigenvalue weighted by molar-refractivity contribution is -0.139. The van der Waals surface area contributed by atoms with Crippen LogP contribution >= 0.6 is 0 Å². The predicted molar refractivity (Wildman–Crippen MR) is 93.9 cm³/mol. The van der Waals surface area contributed by atoms with Gasteiger partial charge < -0.3 is 14.9 Å². The highest BCUT2D eigenvalue weighted by atomic mass is 16.5. The van der Waals surface area contributed by atoms with Crippen molar-refractivity contribution in [3.63, 3.8) is 0 Å². The molecule has 2 aromatic carbocycles. The minimum atomic E-state index is -0.922. The van der Waals surface area contributed by atoms with Gasteiger partial charge in [-0.05, 0) is 31.0 Å². The van der Waals surface area contributed by atoms with E-state index in [0.717, 1.165) is 24.8 Å². The van der Waals surface area contributed by atoms with Crippen LogP contribution in [-0.2, 0) is 4.79 Å². The number of rotatable bonds is 8. The van der Waals surface area contributed by atoms with Crippen LogP contribution in [0.5, 0.6) is 17.2 Å². The van der Waals surface area contributed by atoms with E-state index in [9.17, 15) is 15.0 Å². The number of phenols is 1. The minimum Gasteiger partial charge on any atom is -0.504 e. The third-order valence-electron chi connectivity index (χ3n) is 4.11. The number of carboxylic acids is 1. The summed E-state index contributed by atoms with van der Waals surface area (Å²) >= 11 is 0. The average molecular weight is 328 g/mol. The number of hydrogen-bond acceptors (Lipinski definition) is 3. The van der Waals surface area contributed by atoms with Crippen molar-refractivity contribution in [1.29, 1.82) is 0 Å². The second kappa shape index (κ2) is 8.39. The molecule has 0 bridgehead atoms. The molecule has 4 nitrogen and oxygen atoms in total. The first-order chi connectivity index (χ1) is 11.5. The number of unbranched alkanes of at least 4 members (excludes halogenated alkanes) is 2. The molecule has 0 aliphatic heterocycles. The number of aromatic hydroxyl groups is 1. The first-order valence-electron chi connectivity index (χ1n) is 8.32. The van der Waals surface area contributed by atoms with Crippen LogP contribution in [0.1, 0.15) is 49.7 Å². The molecule has 4 heteroatoms. The van der Waals surface area contributed by atoms with Crippen LogP contribution in [0.4, 0.5) is 0 Å². The molecule has 0 saturated carbocycles. The summed E-state index contributed by atoms with van der Waals surface area (Å²) in [6.45, 7) is 3.99. The highest BCUT2D eigenvalue weighted by molar-refractivity contribution is 5.77. The SMILES string of the molecule is CCCCCC(C(=O)O)c1cccc(Oc2ccccc2C)c1O. The van der Waals surface area contributed by atoms with Crippen LogP contribution < -0.4 is 4.74 Å². The molecule has 2 rings (SSSR count). The Labute approximate surface area is 142 Å². The third kappa shape index (κ3) is 4.28. The van der Waals surface area contributed by atoms with Gasteiger partial charge in [0.05, 0.1) is 5.92 Å². The van der Waals surface area contributed by atoms with Crippen molar-refractivity contribution in [2.24, 2.45) is 0 Å². The summed E-state index contributed by atoms with van der Waals surface area (Å²) in [5, 5.41) is 20.1. The molecular formula is C20H24O4. The zero-order valence-electron chi connectivity index (χ0n) is 14.2. The maximum absolute atomic E-state index is 11.6. The fourth-order valence-corrected chi connectivity index (χ4v) is 2.70. The lowest BCUT2D eigenvalue weighted by Gasteiger charge is -2.17. The molecule has 0 aromatic heterocycles. The normalized spacial score (nSPS) is 11.9. The van der Waals surface area contributed by atoms with Crippen molar-refractivity contribution in [3.05, 3.63) is 53.6 Å². The van der Waals surface area contributed by atoms with Gasteiger partial charge in [0.1, 0.15) is 5.75 Å². The second-order valence-corrected chi connectivity index (χ2v) is 5.95. The Bertz CT molecular complexity index is 694. The zero-order chi connectivity index (χ0) is 17.5. The van der Waals surface area contributed by atoms with Gasteiger partial charge in [0.25, 0.3) is 0 Å². The lowest BCUT2D eigenvalue weighted by Crippen LogP contribution is -2.12. The number of benzene rings is 2. The molecule has 128 valence electrons. The molecule has 2 N–H and O–H groups in total. The molecule has 0 heterocycles. The van der Waals surface area contributed by atoms with E-state index < -0.39 is 11.9 Å². The van der Waals surface area contributed by atoms with Crippen LogP contribution in [0.2, 0.25) is 0 Å². The molecule has 0 radical (unpaired) electrons. The van der Waals surface area contributed by atoms with Crippen LogP contribution in [-0.4, -0.2) is 16.2 Å². The average Bonchev–Trinajstić information content (AvgIpc) is 2.56. The molecule has 0 fully saturated rings. The number of carbonyl (C=O) groups is 1. The fraction of sp³-hybridized carbons (Fsp3) is 0.350. The molecule has 0 saturated heterocycles. The van der Waals surface area contributed by atoms with Gasteiger partial charge in [-0.15, -0.1) is 0 Å². The van der Waals surface area contributed by atoms with Crippen molar-refractivity contribution in [2.45, 2.75) is 45.4 Å². The van der Waals surface area contributed by atoms with E-state index in [0.29, 0.717) is 17.7 Å². The van der Waals surface area contributed by atoms with E-state index in [1.165, 1.54) is 0 Å². The Hall–Kier alpha value is -2.49. The fourth-order valence-electron chi connectivity index (χ4n) is 2.70. The molecule has 1 atom stereocenters. The summed E-state index contributed by atoms with van der Waals surface area (Å²) in [4.78, 5) is 11.6. The molecule has 0 amide bonds. The van der Waals surface area contributed by atoms with E-state index in [2.05, 4.69) is 6.92 Å². The monoisotopic (exact) mass is 328 g/mol. The lowest BCUT2D eigenvalue weighted by atomic mass is 9.92. The van der Waals surface area contributed by atoms with E-state index in [1.807, 2.05) is 31.2 Å². The molecule has 2 aromatic rings. The Morgan fingerprint density at radius 2 is 1.79 bits per heavy atom. The quantitative estimate of drug-likeness (QED) is 0.650. The Morgan fingerprint density at radius 3 is 2.46 bits per heavy atom. The molecule has 0 aliphatic carbocycles. The number of phenolic OH excluding ortho intramolecular Hbond substituents is 1. The zero-order valence-corrected chi connectivity index (χ0v) is 14.2. The number of para-hydroxylation sites is 2. The number of ether oxygens (including phenoxy) is 1. The van der Waals surface area contributed by atoms with Crippen LogP contribution in [0.25, 0.3) is 0 Å². The van der Waals surface area contributed by atoms with Gasteiger partial charge in [0, 0.05) is 5.56 Å². The Morgan fingerprint density at radius 1 is 1.08 bits per heavy atom. The first kappa shape index (κ1) is 17.9. The van der Waals surface area contributed by atoms with E-state index in [-0.39, 0.29) is 11.5 Å². The van der Waals surface area contributed by atoms with Gasteiger partial charge in [-0.3, -0.25) is 4.79 Å². The Kier molecular flexibility index (Phi) is 6.24. The van der Waals surface area contributed by atoms with Crippen molar-refractivity contribution in [2.75, 3.05) is 0 Å². The van der Waals surface area contributed by atoms with Gasteiger partial charge >= 0.3 is 5.97 Å². The summed E-state index contributed by atoms with van der Waals surface area (Å²) < 4.78 is 5.79. The topological polar surface area (TPSA) is 66.8 Å². The van der Waals surface area contributed by atoms with Crippen molar-refractivity contribution in [3.8, 4) is 17.2 Å². The van der Waals surface area contributed by atoms with Crippen LogP contribution in [0.3, 0.4) is 0 Å². The molecule has 0 aliphatic rings. The van der Waals surface area contributed by atoms with Gasteiger partial charge in [-0.1, -0.05) is 56.5 Å². The van der Waals surface area contributed by atoms with E-state index in [4.69, 9.17) is 4.74 Å². The van der Waals surface area contributed by atoms with Crippen molar-refractivity contribution < 1.29 is 19.7 Å². The summed E-state index contributed by atoms with van der Waals surface area (Å²) in [7, 11) is 0. The van der Waals surface area contributed by atoms with Crippen molar-refractivity contribution in [1.82, 2.24) is 0 Å². The second-order valence-electron chi connectivity index (χ2n) is 5.95. The largest absolute Gasteiger partial charge is 0.504 e. The smallest absolute Gasteiger partial charge is 0.311 e. The third-order valence-corrected chi connectivity index (χ3v) is 4.11. The summed E-state index contributed by atoms with van der Waals surface area (Å²) in [6.07, 6.45) is 3.32. The molecule has 0 spiro atoms. The minimum absolute atomic E-state index is 0.0929. The highest BCUT2D eigenvalue weighted by Gasteiger charge is 2.24. The van der Waals surface area contributed by atoms with Gasteiger partial charge in [0.15, 0.2) is 11.5 Å². The van der Waals surface area contributed by atoms with Gasteiger partial charge in [-0.2, -0.15) is 0 Å². The van der Waals surface area contributed by atoms with Crippen LogP contribution in [0, 0.1) is 6.92 Å². The van der Waals surface area contributed by atoms with Gasteiger partial charge in [-0.25, -0.2) is 0 Å². The number of carboxylic acid groups (broad SMARTS) is 1. The standard InChI is InChI=1S/C20H24O4/c1-3-4-5-10-16(20(22)23)15-11-8-13-18(19(15)21)24-17-12-7-6-9-14(17)2/h6-9,11-13,16,21H,3-5,10H2,1-2H3,(H,22,23). The van der Waals surface area contributed by atoms with Crippen LogP contribution in [0.15, 0.2) is 42.5 Å². The summed E-state index contributed by atoms with van der Waals surface area (Å²) in [6, 6.07) is 12.5. The predicted octanol–water partition coefficient (Wildman–Crippen LogP) is 5.24. The number of aliphatic carboxylic acids is 1. The molecule has 24 heavy (non-hydrogen) atoms. The number of aryl methyl sites for hydroxylation is 1.